The molecule has 6 nitrogen and oxygen atoms in total. The summed E-state index contributed by atoms with van der Waals surface area (Å²) in [6.07, 6.45) is 4.43. The Balaban J connectivity index is 2.07. The predicted molar refractivity (Wildman–Crippen MR) is 90.9 cm³/mol. The van der Waals surface area contributed by atoms with E-state index < -0.39 is 12.3 Å². The van der Waals surface area contributed by atoms with Gasteiger partial charge in [0.1, 0.15) is 0 Å². The Kier molecular flexibility index (Phi) is 4.29. The second-order valence-corrected chi connectivity index (χ2v) is 5.78. The number of aryl methyl sites for hydroxylation is 2. The first-order chi connectivity index (χ1) is 11.5. The van der Waals surface area contributed by atoms with E-state index in [1.54, 1.807) is 24.2 Å². The number of carbonyl (C=O) groups excluding carboxylic acids is 1. The van der Waals surface area contributed by atoms with Crippen LogP contribution in [0, 0.1) is 13.8 Å². The van der Waals surface area contributed by atoms with E-state index in [-0.39, 0.29) is 0 Å². The molecule has 1 amide bonds. The summed E-state index contributed by atoms with van der Waals surface area (Å²) in [5.41, 5.74) is 4.04. The maximum atomic E-state index is 12.4. The van der Waals surface area contributed by atoms with Crippen molar-refractivity contribution in [2.45, 2.75) is 33.9 Å². The summed E-state index contributed by atoms with van der Waals surface area (Å²) < 4.78 is 5.19. The molecule has 0 fully saturated rings. The minimum absolute atomic E-state index is 0.296. The molecule has 0 N–H and O–H groups in total. The van der Waals surface area contributed by atoms with Gasteiger partial charge in [-0.15, -0.1) is 0 Å². The minimum Gasteiger partial charge on any atom is -0.448 e. The number of hydrogen-bond donors (Lipinski definition) is 0. The number of fused-ring (bicyclic) bond motifs is 1. The van der Waals surface area contributed by atoms with Crippen LogP contribution in [0.3, 0.4) is 0 Å². The standard InChI is InChI=1S/C18H21N3O3/c1-5-23-18(22)20-11-7-10-14(4)17-21(20)16(19-24-17)15-12(2)8-6-9-13(15)3/h6-11,17H,5H2,1-4H3. The third-order valence-corrected chi connectivity index (χ3v) is 4.05. The van der Waals surface area contributed by atoms with Crippen LogP contribution in [0.2, 0.25) is 0 Å². The van der Waals surface area contributed by atoms with Crippen LogP contribution < -0.4 is 0 Å². The summed E-state index contributed by atoms with van der Waals surface area (Å²) >= 11 is 0. The van der Waals surface area contributed by atoms with Crippen molar-refractivity contribution >= 4 is 11.9 Å². The average Bonchev–Trinajstić information content (AvgIpc) is 2.88. The van der Waals surface area contributed by atoms with Crippen molar-refractivity contribution in [3.63, 3.8) is 0 Å². The zero-order valence-electron chi connectivity index (χ0n) is 14.3. The molecule has 0 bridgehead atoms. The zero-order valence-corrected chi connectivity index (χ0v) is 14.3. The Labute approximate surface area is 141 Å². The fraction of sp³-hybridized carbons (Fsp3) is 0.333. The molecule has 1 atom stereocenters. The number of benzene rings is 1. The number of nitrogens with zero attached hydrogens (tertiary/aromatic N) is 3. The number of hydrogen-bond acceptors (Lipinski definition) is 5. The molecule has 2 heterocycles. The smallest absolute Gasteiger partial charge is 0.433 e. The number of ether oxygens (including phenoxy) is 1. The van der Waals surface area contributed by atoms with E-state index in [0.29, 0.717) is 12.4 Å². The fourth-order valence-electron chi connectivity index (χ4n) is 2.88. The molecule has 2 aliphatic rings. The molecular weight excluding hydrogens is 306 g/mol. The molecule has 1 aromatic carbocycles. The third kappa shape index (κ3) is 2.64. The zero-order chi connectivity index (χ0) is 17.3. The number of oxime groups is 1. The second kappa shape index (κ2) is 6.39. The van der Waals surface area contributed by atoms with E-state index in [0.717, 1.165) is 22.3 Å². The van der Waals surface area contributed by atoms with Crippen molar-refractivity contribution < 1.29 is 14.4 Å². The van der Waals surface area contributed by atoms with E-state index in [2.05, 4.69) is 5.16 Å². The van der Waals surface area contributed by atoms with Gasteiger partial charge in [-0.2, -0.15) is 5.01 Å². The highest BCUT2D eigenvalue weighted by molar-refractivity contribution is 6.02. The van der Waals surface area contributed by atoms with Crippen LogP contribution in [0.15, 0.2) is 47.3 Å². The summed E-state index contributed by atoms with van der Waals surface area (Å²) in [5, 5.41) is 7.43. The average molecular weight is 327 g/mol. The SMILES string of the molecule is CCOC(=O)N1C=CC=C(C)C2ON=C(c3c(C)cccc3C)N21. The number of hydrazine groups is 1. The van der Waals surface area contributed by atoms with Crippen molar-refractivity contribution in [1.82, 2.24) is 10.0 Å². The van der Waals surface area contributed by atoms with Gasteiger partial charge in [-0.1, -0.05) is 29.4 Å². The molecule has 6 heteroatoms. The van der Waals surface area contributed by atoms with Crippen molar-refractivity contribution in [2.75, 3.05) is 6.61 Å². The highest BCUT2D eigenvalue weighted by Gasteiger charge is 2.40. The largest absolute Gasteiger partial charge is 0.448 e. The van der Waals surface area contributed by atoms with Crippen molar-refractivity contribution in [3.8, 4) is 0 Å². The molecule has 0 saturated heterocycles. The molecule has 1 unspecified atom stereocenters. The Morgan fingerprint density at radius 2 is 2.00 bits per heavy atom. The first kappa shape index (κ1) is 16.1. The number of amidine groups is 1. The first-order valence-electron chi connectivity index (χ1n) is 7.95. The Morgan fingerprint density at radius 3 is 2.67 bits per heavy atom. The topological polar surface area (TPSA) is 54.4 Å². The quantitative estimate of drug-likeness (QED) is 0.834. The van der Waals surface area contributed by atoms with Crippen molar-refractivity contribution in [2.24, 2.45) is 5.16 Å². The van der Waals surface area contributed by atoms with Gasteiger partial charge >= 0.3 is 6.09 Å². The number of allylic oxidation sites excluding steroid dienone is 2. The minimum atomic E-state index is -0.474. The normalized spacial score (nSPS) is 19.2. The van der Waals surface area contributed by atoms with Crippen LogP contribution in [0.5, 0.6) is 0 Å². The number of amides is 1. The molecule has 24 heavy (non-hydrogen) atoms. The van der Waals surface area contributed by atoms with Crippen LogP contribution in [-0.2, 0) is 9.57 Å². The van der Waals surface area contributed by atoms with Crippen LogP contribution in [0.4, 0.5) is 4.79 Å². The lowest BCUT2D eigenvalue weighted by molar-refractivity contribution is -0.0403. The van der Waals surface area contributed by atoms with E-state index in [9.17, 15) is 4.79 Å². The van der Waals surface area contributed by atoms with Gasteiger partial charge in [-0.05, 0) is 50.5 Å². The highest BCUT2D eigenvalue weighted by Crippen LogP contribution is 2.30. The van der Waals surface area contributed by atoms with Crippen molar-refractivity contribution in [1.29, 1.82) is 0 Å². The lowest BCUT2D eigenvalue weighted by atomic mass is 10.0. The van der Waals surface area contributed by atoms with Gasteiger partial charge in [0.25, 0.3) is 0 Å². The molecule has 0 aliphatic carbocycles. The highest BCUT2D eigenvalue weighted by atomic mass is 16.7. The van der Waals surface area contributed by atoms with Crippen LogP contribution in [0.1, 0.15) is 30.5 Å². The van der Waals surface area contributed by atoms with E-state index in [4.69, 9.17) is 9.57 Å². The molecule has 0 spiro atoms. The van der Waals surface area contributed by atoms with Gasteiger partial charge in [-0.25, -0.2) is 9.80 Å². The Morgan fingerprint density at radius 1 is 1.29 bits per heavy atom. The molecule has 1 aromatic rings. The maximum Gasteiger partial charge on any atom is 0.433 e. The number of carbonyl (C=O) groups is 1. The molecular formula is C18H21N3O3. The molecule has 2 aliphatic heterocycles. The van der Waals surface area contributed by atoms with Gasteiger partial charge in [0.15, 0.2) is 5.84 Å². The van der Waals surface area contributed by atoms with Gasteiger partial charge in [0, 0.05) is 11.8 Å². The summed E-state index contributed by atoms with van der Waals surface area (Å²) in [6, 6.07) is 6.03. The second-order valence-electron chi connectivity index (χ2n) is 5.78. The summed E-state index contributed by atoms with van der Waals surface area (Å²) in [6.45, 7) is 8.05. The van der Waals surface area contributed by atoms with Gasteiger partial charge in [0.05, 0.1) is 6.61 Å². The number of rotatable bonds is 2. The molecule has 3 rings (SSSR count). The monoisotopic (exact) mass is 327 g/mol. The molecule has 0 aromatic heterocycles. The van der Waals surface area contributed by atoms with E-state index in [1.165, 1.54) is 5.01 Å². The van der Waals surface area contributed by atoms with E-state index >= 15 is 0 Å². The summed E-state index contributed by atoms with van der Waals surface area (Å²) in [5.74, 6) is 0.600. The lowest BCUT2D eigenvalue weighted by Gasteiger charge is -2.32. The Bertz CT molecular complexity index is 732. The third-order valence-electron chi connectivity index (χ3n) is 4.05. The van der Waals surface area contributed by atoms with Gasteiger partial charge in [-0.3, -0.25) is 0 Å². The van der Waals surface area contributed by atoms with Crippen molar-refractivity contribution in [3.05, 3.63) is 58.8 Å². The summed E-state index contributed by atoms with van der Waals surface area (Å²) in [7, 11) is 0. The van der Waals surface area contributed by atoms with Gasteiger partial charge in [0.2, 0.25) is 6.23 Å². The summed E-state index contributed by atoms with van der Waals surface area (Å²) in [4.78, 5) is 18.1. The first-order valence-corrected chi connectivity index (χ1v) is 7.95. The van der Waals surface area contributed by atoms with Crippen LogP contribution >= 0.6 is 0 Å². The predicted octanol–water partition coefficient (Wildman–Crippen LogP) is 3.47. The molecule has 0 radical (unpaired) electrons. The van der Waals surface area contributed by atoms with Crippen LogP contribution in [-0.4, -0.2) is 34.8 Å². The fourth-order valence-corrected chi connectivity index (χ4v) is 2.88. The maximum absolute atomic E-state index is 12.4. The lowest BCUT2D eigenvalue weighted by Crippen LogP contribution is -2.50. The molecule has 126 valence electrons. The van der Waals surface area contributed by atoms with Gasteiger partial charge < -0.3 is 9.57 Å². The Hall–Kier alpha value is -2.76. The van der Waals surface area contributed by atoms with Crippen LogP contribution in [0.25, 0.3) is 0 Å². The van der Waals surface area contributed by atoms with E-state index in [1.807, 2.05) is 45.0 Å². The molecule has 0 saturated carbocycles.